The van der Waals surface area contributed by atoms with Gasteiger partial charge in [-0.25, -0.2) is 0 Å². The quantitative estimate of drug-likeness (QED) is 0.872. The molecule has 1 heterocycles. The molecule has 1 aliphatic rings. The van der Waals surface area contributed by atoms with E-state index in [1.165, 1.54) is 0 Å². The lowest BCUT2D eigenvalue weighted by Gasteiger charge is -2.07. The summed E-state index contributed by atoms with van der Waals surface area (Å²) in [4.78, 5) is 11.9. The Kier molecular flexibility index (Phi) is 3.74. The lowest BCUT2D eigenvalue weighted by molar-refractivity contribution is -0.139. The van der Waals surface area contributed by atoms with Crippen LogP contribution in [0.5, 0.6) is 0 Å². The summed E-state index contributed by atoms with van der Waals surface area (Å²) in [5.41, 5.74) is 0. The van der Waals surface area contributed by atoms with Crippen LogP contribution in [0, 0.1) is 0 Å². The van der Waals surface area contributed by atoms with Crippen molar-refractivity contribution in [2.75, 3.05) is 6.54 Å². The molecule has 3 nitrogen and oxygen atoms in total. The molecule has 1 aromatic carbocycles. The standard InChI is InChI=1S/C11H12ClNO2S/c12-7-1-3-8(4-2-7)16-9-5-10(11(14)15)13-6-9/h1-4,9-10,13H,5-6H2,(H,14,15)/t9-,10-/m0/s1. The Hall–Kier alpha value is -0.710. The maximum atomic E-state index is 10.8. The average molecular weight is 258 g/mol. The number of aliphatic carboxylic acids is 1. The van der Waals surface area contributed by atoms with Gasteiger partial charge in [0.2, 0.25) is 0 Å². The predicted molar refractivity (Wildman–Crippen MR) is 65.1 cm³/mol. The highest BCUT2D eigenvalue weighted by atomic mass is 35.5. The van der Waals surface area contributed by atoms with E-state index in [9.17, 15) is 4.79 Å². The average Bonchev–Trinajstić information content (AvgIpc) is 2.70. The highest BCUT2D eigenvalue weighted by molar-refractivity contribution is 8.00. The minimum Gasteiger partial charge on any atom is -0.480 e. The third-order valence-electron chi connectivity index (χ3n) is 2.50. The number of benzene rings is 1. The molecule has 0 saturated carbocycles. The van der Waals surface area contributed by atoms with Gasteiger partial charge in [0.15, 0.2) is 0 Å². The molecule has 2 atom stereocenters. The maximum absolute atomic E-state index is 10.8. The van der Waals surface area contributed by atoms with E-state index in [1.807, 2.05) is 24.3 Å². The van der Waals surface area contributed by atoms with Crippen molar-refractivity contribution < 1.29 is 9.90 Å². The first kappa shape index (κ1) is 11.8. The molecule has 0 aliphatic carbocycles. The second kappa shape index (κ2) is 5.08. The summed E-state index contributed by atoms with van der Waals surface area (Å²) in [6.07, 6.45) is 0.669. The summed E-state index contributed by atoms with van der Waals surface area (Å²) in [7, 11) is 0. The van der Waals surface area contributed by atoms with Crippen LogP contribution in [0.3, 0.4) is 0 Å². The number of nitrogens with one attached hydrogen (secondary N) is 1. The smallest absolute Gasteiger partial charge is 0.320 e. The summed E-state index contributed by atoms with van der Waals surface area (Å²) >= 11 is 7.49. The second-order valence-electron chi connectivity index (χ2n) is 3.73. The fraction of sp³-hybridized carbons (Fsp3) is 0.364. The van der Waals surface area contributed by atoms with Crippen LogP contribution in [0.25, 0.3) is 0 Å². The first-order chi connectivity index (χ1) is 7.65. The third kappa shape index (κ3) is 2.90. The largest absolute Gasteiger partial charge is 0.480 e. The molecule has 1 saturated heterocycles. The van der Waals surface area contributed by atoms with Crippen LogP contribution in [-0.2, 0) is 4.79 Å². The number of carbonyl (C=O) groups is 1. The zero-order valence-corrected chi connectivity index (χ0v) is 10.1. The fourth-order valence-electron chi connectivity index (χ4n) is 1.69. The number of hydrogen-bond acceptors (Lipinski definition) is 3. The van der Waals surface area contributed by atoms with Crippen LogP contribution < -0.4 is 5.32 Å². The molecule has 5 heteroatoms. The molecule has 16 heavy (non-hydrogen) atoms. The molecule has 0 spiro atoms. The van der Waals surface area contributed by atoms with Gasteiger partial charge in [0.25, 0.3) is 0 Å². The number of hydrogen-bond donors (Lipinski definition) is 2. The van der Waals surface area contributed by atoms with E-state index in [-0.39, 0.29) is 0 Å². The Balaban J connectivity index is 1.92. The van der Waals surface area contributed by atoms with Crippen LogP contribution in [-0.4, -0.2) is 28.9 Å². The Bertz CT molecular complexity index is 382. The Morgan fingerprint density at radius 2 is 2.12 bits per heavy atom. The number of rotatable bonds is 3. The van der Waals surface area contributed by atoms with Gasteiger partial charge in [-0.05, 0) is 30.7 Å². The SMILES string of the molecule is O=C(O)[C@@H]1C[C@H](Sc2ccc(Cl)cc2)CN1. The molecular weight excluding hydrogens is 246 g/mol. The molecule has 0 unspecified atom stereocenters. The van der Waals surface area contributed by atoms with Gasteiger partial charge in [-0.3, -0.25) is 4.79 Å². The van der Waals surface area contributed by atoms with E-state index in [0.717, 1.165) is 16.5 Å². The zero-order valence-electron chi connectivity index (χ0n) is 8.52. The van der Waals surface area contributed by atoms with Crippen molar-refractivity contribution >= 4 is 29.3 Å². The van der Waals surface area contributed by atoms with Crippen molar-refractivity contribution in [2.45, 2.75) is 22.6 Å². The zero-order chi connectivity index (χ0) is 11.5. The molecule has 1 fully saturated rings. The second-order valence-corrected chi connectivity index (χ2v) is 5.54. The summed E-state index contributed by atoms with van der Waals surface area (Å²) in [6.45, 7) is 0.740. The summed E-state index contributed by atoms with van der Waals surface area (Å²) in [5, 5.41) is 12.9. The van der Waals surface area contributed by atoms with Crippen LogP contribution >= 0.6 is 23.4 Å². The van der Waals surface area contributed by atoms with E-state index in [2.05, 4.69) is 5.32 Å². The summed E-state index contributed by atoms with van der Waals surface area (Å²) < 4.78 is 0. The molecule has 0 aromatic heterocycles. The first-order valence-electron chi connectivity index (χ1n) is 5.03. The van der Waals surface area contributed by atoms with Crippen molar-refractivity contribution in [1.82, 2.24) is 5.32 Å². The highest BCUT2D eigenvalue weighted by Crippen LogP contribution is 2.29. The van der Waals surface area contributed by atoms with Crippen LogP contribution in [0.4, 0.5) is 0 Å². The van der Waals surface area contributed by atoms with E-state index >= 15 is 0 Å². The van der Waals surface area contributed by atoms with E-state index in [4.69, 9.17) is 16.7 Å². The van der Waals surface area contributed by atoms with E-state index < -0.39 is 12.0 Å². The number of carboxylic acids is 1. The molecule has 86 valence electrons. The summed E-state index contributed by atoms with van der Waals surface area (Å²) in [5.74, 6) is -0.765. The monoisotopic (exact) mass is 257 g/mol. The molecule has 2 rings (SSSR count). The van der Waals surface area contributed by atoms with Gasteiger partial charge in [-0.15, -0.1) is 11.8 Å². The molecule has 1 aliphatic heterocycles. The van der Waals surface area contributed by atoms with Gasteiger partial charge in [0.05, 0.1) is 0 Å². The van der Waals surface area contributed by atoms with Gasteiger partial charge >= 0.3 is 5.97 Å². The van der Waals surface area contributed by atoms with E-state index in [1.54, 1.807) is 11.8 Å². The topological polar surface area (TPSA) is 49.3 Å². The Morgan fingerprint density at radius 3 is 2.69 bits per heavy atom. The lowest BCUT2D eigenvalue weighted by atomic mass is 10.2. The molecule has 0 bridgehead atoms. The van der Waals surface area contributed by atoms with Gasteiger partial charge in [-0.1, -0.05) is 11.6 Å². The maximum Gasteiger partial charge on any atom is 0.320 e. The Morgan fingerprint density at radius 1 is 1.44 bits per heavy atom. The van der Waals surface area contributed by atoms with Crippen LogP contribution in [0.2, 0.25) is 5.02 Å². The minimum atomic E-state index is -0.765. The van der Waals surface area contributed by atoms with Crippen molar-refractivity contribution in [3.8, 4) is 0 Å². The predicted octanol–water partition coefficient (Wildman–Crippen LogP) is 2.25. The van der Waals surface area contributed by atoms with E-state index in [0.29, 0.717) is 11.7 Å². The van der Waals surface area contributed by atoms with Gasteiger partial charge < -0.3 is 10.4 Å². The molecule has 0 amide bonds. The minimum absolute atomic E-state index is 0.322. The van der Waals surface area contributed by atoms with Gasteiger partial charge in [0.1, 0.15) is 6.04 Å². The number of carboxylic acid groups (broad SMARTS) is 1. The highest BCUT2D eigenvalue weighted by Gasteiger charge is 2.29. The van der Waals surface area contributed by atoms with Crippen molar-refractivity contribution in [3.05, 3.63) is 29.3 Å². The lowest BCUT2D eigenvalue weighted by Crippen LogP contribution is -2.29. The molecular formula is C11H12ClNO2S. The summed E-state index contributed by atoms with van der Waals surface area (Å²) in [6, 6.07) is 7.22. The fourth-order valence-corrected chi connectivity index (χ4v) is 2.96. The third-order valence-corrected chi connectivity index (χ3v) is 3.99. The molecule has 1 aromatic rings. The van der Waals surface area contributed by atoms with Gasteiger partial charge in [-0.2, -0.15) is 0 Å². The van der Waals surface area contributed by atoms with Crippen LogP contribution in [0.1, 0.15) is 6.42 Å². The van der Waals surface area contributed by atoms with Gasteiger partial charge in [0, 0.05) is 21.7 Å². The first-order valence-corrected chi connectivity index (χ1v) is 6.29. The van der Waals surface area contributed by atoms with Crippen molar-refractivity contribution in [1.29, 1.82) is 0 Å². The van der Waals surface area contributed by atoms with Crippen molar-refractivity contribution in [2.24, 2.45) is 0 Å². The normalized spacial score (nSPS) is 24.6. The number of halogens is 1. The molecule has 2 N–H and O–H groups in total. The Labute approximate surface area is 103 Å². The number of thioether (sulfide) groups is 1. The molecule has 0 radical (unpaired) electrons. The van der Waals surface area contributed by atoms with Crippen LogP contribution in [0.15, 0.2) is 29.2 Å². The van der Waals surface area contributed by atoms with Crippen molar-refractivity contribution in [3.63, 3.8) is 0 Å².